The smallest absolute Gasteiger partial charge is 0.303 e. The predicted octanol–water partition coefficient (Wildman–Crippen LogP) is 4.60. The summed E-state index contributed by atoms with van der Waals surface area (Å²) in [5, 5.41) is 28.5. The summed E-state index contributed by atoms with van der Waals surface area (Å²) in [6, 6.07) is 19.5. The number of carboxylic acids is 1. The lowest BCUT2D eigenvalue weighted by molar-refractivity contribution is -0.136. The third kappa shape index (κ3) is 4.25. The van der Waals surface area contributed by atoms with Crippen LogP contribution < -0.4 is 0 Å². The van der Waals surface area contributed by atoms with Gasteiger partial charge in [0.2, 0.25) is 0 Å². The molecular formula is C22H19N3O3S. The topological polar surface area (TPSA) is 88.2 Å². The molecule has 0 saturated heterocycles. The summed E-state index contributed by atoms with van der Waals surface area (Å²) in [6.07, 6.45) is 0.403. The minimum Gasteiger partial charge on any atom is -0.505 e. The Balaban J connectivity index is 1.68. The molecule has 0 bridgehead atoms. The van der Waals surface area contributed by atoms with Crippen LogP contribution in [0.1, 0.15) is 17.5 Å². The molecule has 4 rings (SSSR count). The zero-order valence-corrected chi connectivity index (χ0v) is 16.6. The number of nitrogens with zero attached hydrogens (tertiary/aromatic N) is 3. The molecule has 4 aromatic rings. The number of aromatic hydroxyl groups is 1. The molecule has 7 heteroatoms. The van der Waals surface area contributed by atoms with Crippen molar-refractivity contribution in [3.63, 3.8) is 0 Å². The Morgan fingerprint density at radius 1 is 1.00 bits per heavy atom. The molecule has 0 amide bonds. The Hall–Kier alpha value is -3.32. The van der Waals surface area contributed by atoms with Crippen molar-refractivity contribution in [1.82, 2.24) is 15.0 Å². The number of rotatable bonds is 6. The Bertz CT molecular complexity index is 1190. The van der Waals surface area contributed by atoms with Gasteiger partial charge in [-0.2, -0.15) is 0 Å². The monoisotopic (exact) mass is 405 g/mol. The Kier molecular flexibility index (Phi) is 5.22. The van der Waals surface area contributed by atoms with Crippen LogP contribution in [0.25, 0.3) is 16.7 Å². The van der Waals surface area contributed by atoms with Gasteiger partial charge in [-0.3, -0.25) is 4.79 Å². The van der Waals surface area contributed by atoms with Crippen molar-refractivity contribution < 1.29 is 15.0 Å². The summed E-state index contributed by atoms with van der Waals surface area (Å²) in [6.45, 7) is 1.78. The van der Waals surface area contributed by atoms with E-state index in [1.54, 1.807) is 30.8 Å². The van der Waals surface area contributed by atoms with E-state index in [0.29, 0.717) is 17.7 Å². The maximum absolute atomic E-state index is 10.9. The standard InChI is InChI=1S/C22H19N3O3S/c1-14-11-15(7-10-21(26)27)12-20(22(14)28)25-23-18-9-8-17(13-19(18)24-25)29-16-5-3-2-4-6-16/h2-6,8-9,11-13,28H,7,10H2,1H3,(H,26,27). The van der Waals surface area contributed by atoms with Gasteiger partial charge in [0.25, 0.3) is 0 Å². The number of fused-ring (bicyclic) bond motifs is 1. The summed E-state index contributed by atoms with van der Waals surface area (Å²) in [5.41, 5.74) is 3.36. The van der Waals surface area contributed by atoms with Crippen molar-refractivity contribution in [2.24, 2.45) is 0 Å². The lowest BCUT2D eigenvalue weighted by atomic mass is 10.0. The van der Waals surface area contributed by atoms with Gasteiger partial charge in [0.15, 0.2) is 0 Å². The molecule has 0 radical (unpaired) electrons. The molecule has 1 aromatic heterocycles. The number of phenols is 1. The van der Waals surface area contributed by atoms with Gasteiger partial charge < -0.3 is 10.2 Å². The second-order valence-corrected chi connectivity index (χ2v) is 7.88. The molecule has 0 aliphatic rings. The van der Waals surface area contributed by atoms with E-state index in [2.05, 4.69) is 22.3 Å². The Morgan fingerprint density at radius 3 is 2.52 bits per heavy atom. The molecule has 146 valence electrons. The van der Waals surface area contributed by atoms with Crippen LogP contribution in [-0.4, -0.2) is 31.2 Å². The van der Waals surface area contributed by atoms with E-state index in [1.807, 2.05) is 36.4 Å². The fraction of sp³-hybridized carbons (Fsp3) is 0.136. The summed E-state index contributed by atoms with van der Waals surface area (Å²) in [4.78, 5) is 14.5. The molecule has 6 nitrogen and oxygen atoms in total. The molecular weight excluding hydrogens is 386 g/mol. The average molecular weight is 405 g/mol. The molecule has 29 heavy (non-hydrogen) atoms. The summed E-state index contributed by atoms with van der Waals surface area (Å²) >= 11 is 1.64. The molecule has 0 aliphatic heterocycles. The van der Waals surface area contributed by atoms with Crippen LogP contribution >= 0.6 is 11.8 Å². The van der Waals surface area contributed by atoms with Gasteiger partial charge in [-0.15, -0.1) is 15.0 Å². The van der Waals surface area contributed by atoms with Crippen molar-refractivity contribution in [2.45, 2.75) is 29.6 Å². The molecule has 0 atom stereocenters. The van der Waals surface area contributed by atoms with Crippen LogP contribution in [0.3, 0.4) is 0 Å². The zero-order chi connectivity index (χ0) is 20.4. The molecule has 0 unspecified atom stereocenters. The number of hydrogen-bond donors (Lipinski definition) is 2. The fourth-order valence-corrected chi connectivity index (χ4v) is 3.94. The minimum atomic E-state index is -0.858. The Labute approximate surface area is 171 Å². The first-order valence-corrected chi connectivity index (χ1v) is 9.96. The van der Waals surface area contributed by atoms with Gasteiger partial charge in [-0.25, -0.2) is 0 Å². The minimum absolute atomic E-state index is 0.0260. The lowest BCUT2D eigenvalue weighted by Crippen LogP contribution is -2.03. The first-order chi connectivity index (χ1) is 14.0. The molecule has 0 aliphatic carbocycles. The van der Waals surface area contributed by atoms with Crippen LogP contribution in [0.2, 0.25) is 0 Å². The maximum atomic E-state index is 10.9. The van der Waals surface area contributed by atoms with Gasteiger partial charge in [0, 0.05) is 16.2 Å². The SMILES string of the molecule is Cc1cc(CCC(=O)O)cc(-n2nc3ccc(Sc4ccccc4)cc3n2)c1O. The van der Waals surface area contributed by atoms with E-state index in [9.17, 15) is 9.90 Å². The highest BCUT2D eigenvalue weighted by atomic mass is 32.2. The largest absolute Gasteiger partial charge is 0.505 e. The summed E-state index contributed by atoms with van der Waals surface area (Å²) in [7, 11) is 0. The van der Waals surface area contributed by atoms with Crippen LogP contribution in [0.15, 0.2) is 70.5 Å². The predicted molar refractivity (Wildman–Crippen MR) is 112 cm³/mol. The van der Waals surface area contributed by atoms with E-state index < -0.39 is 5.97 Å². The highest BCUT2D eigenvalue weighted by molar-refractivity contribution is 7.99. The average Bonchev–Trinajstić information content (AvgIpc) is 3.12. The van der Waals surface area contributed by atoms with Crippen molar-refractivity contribution in [3.05, 3.63) is 71.8 Å². The van der Waals surface area contributed by atoms with Crippen molar-refractivity contribution in [3.8, 4) is 11.4 Å². The van der Waals surface area contributed by atoms with E-state index in [4.69, 9.17) is 5.11 Å². The number of carbonyl (C=O) groups is 1. The van der Waals surface area contributed by atoms with Gasteiger partial charge in [0.05, 0.1) is 0 Å². The normalized spacial score (nSPS) is 11.1. The van der Waals surface area contributed by atoms with E-state index in [1.165, 1.54) is 4.80 Å². The third-order valence-corrected chi connectivity index (χ3v) is 5.51. The van der Waals surface area contributed by atoms with E-state index in [-0.39, 0.29) is 12.2 Å². The first kappa shape index (κ1) is 19.0. The van der Waals surface area contributed by atoms with E-state index in [0.717, 1.165) is 26.4 Å². The van der Waals surface area contributed by atoms with Gasteiger partial charge in [-0.05, 0) is 60.9 Å². The molecule has 1 heterocycles. The number of benzene rings is 3. The summed E-state index contributed by atoms with van der Waals surface area (Å²) in [5.74, 6) is -0.771. The maximum Gasteiger partial charge on any atom is 0.303 e. The van der Waals surface area contributed by atoms with Crippen LogP contribution in [0.4, 0.5) is 0 Å². The van der Waals surface area contributed by atoms with Crippen molar-refractivity contribution in [2.75, 3.05) is 0 Å². The Morgan fingerprint density at radius 2 is 1.76 bits per heavy atom. The quantitative estimate of drug-likeness (QED) is 0.487. The molecule has 3 aromatic carbocycles. The highest BCUT2D eigenvalue weighted by Gasteiger charge is 2.14. The molecule has 2 N–H and O–H groups in total. The second kappa shape index (κ2) is 7.97. The highest BCUT2D eigenvalue weighted by Crippen LogP contribution is 2.31. The van der Waals surface area contributed by atoms with Crippen LogP contribution in [-0.2, 0) is 11.2 Å². The number of hydrogen-bond acceptors (Lipinski definition) is 5. The molecule has 0 fully saturated rings. The molecule has 0 saturated carbocycles. The van der Waals surface area contributed by atoms with Crippen LogP contribution in [0.5, 0.6) is 5.75 Å². The molecule has 0 spiro atoms. The van der Waals surface area contributed by atoms with E-state index >= 15 is 0 Å². The lowest BCUT2D eigenvalue weighted by Gasteiger charge is -2.09. The van der Waals surface area contributed by atoms with Gasteiger partial charge in [-0.1, -0.05) is 36.0 Å². The van der Waals surface area contributed by atoms with Crippen molar-refractivity contribution in [1.29, 1.82) is 0 Å². The first-order valence-electron chi connectivity index (χ1n) is 9.14. The number of aliphatic carboxylic acids is 1. The third-order valence-electron chi connectivity index (χ3n) is 4.51. The van der Waals surface area contributed by atoms with Gasteiger partial charge in [0.1, 0.15) is 22.5 Å². The van der Waals surface area contributed by atoms with Crippen LogP contribution in [0, 0.1) is 6.92 Å². The summed E-state index contributed by atoms with van der Waals surface area (Å²) < 4.78 is 0. The number of aryl methyl sites for hydroxylation is 2. The fourth-order valence-electron chi connectivity index (χ4n) is 3.07. The number of aromatic nitrogens is 3. The number of carboxylic acid groups (broad SMARTS) is 1. The number of phenolic OH excluding ortho intramolecular Hbond substituents is 1. The second-order valence-electron chi connectivity index (χ2n) is 6.73. The zero-order valence-electron chi connectivity index (χ0n) is 15.7. The van der Waals surface area contributed by atoms with Gasteiger partial charge >= 0.3 is 5.97 Å². The van der Waals surface area contributed by atoms with Crippen molar-refractivity contribution >= 4 is 28.8 Å².